The Morgan fingerprint density at radius 2 is 1.71 bits per heavy atom. The van der Waals surface area contributed by atoms with Gasteiger partial charge in [-0.1, -0.05) is 52.5 Å². The lowest BCUT2D eigenvalue weighted by atomic mass is 10.2. The molecule has 0 unspecified atom stereocenters. The number of carbonyl (C=O) groups is 1. The summed E-state index contributed by atoms with van der Waals surface area (Å²) >= 11 is 26.0. The molecule has 0 radical (unpaired) electrons. The lowest BCUT2D eigenvalue weighted by molar-refractivity contribution is 0.103. The number of hydrogen-bond acceptors (Lipinski definition) is 4. The second-order valence-electron chi connectivity index (χ2n) is 6.67. The van der Waals surface area contributed by atoms with Gasteiger partial charge in [-0.2, -0.15) is 0 Å². The Balaban J connectivity index is 1.46. The van der Waals surface area contributed by atoms with Gasteiger partial charge in [0, 0.05) is 25.8 Å². The number of benzene rings is 3. The number of nitrogens with zero attached hydrogens (tertiary/aromatic N) is 1. The number of fused-ring (bicyclic) bond motifs is 2. The van der Waals surface area contributed by atoms with E-state index in [1.165, 1.54) is 11.3 Å². The minimum Gasteiger partial charge on any atom is -0.436 e. The fourth-order valence-corrected chi connectivity index (χ4v) is 5.33. The first-order valence-electron chi connectivity index (χ1n) is 8.94. The van der Waals surface area contributed by atoms with E-state index in [4.69, 9.17) is 50.8 Å². The highest BCUT2D eigenvalue weighted by atomic mass is 35.5. The van der Waals surface area contributed by atoms with Crippen LogP contribution in [-0.4, -0.2) is 10.9 Å². The Kier molecular flexibility index (Phi) is 5.32. The van der Waals surface area contributed by atoms with E-state index in [1.807, 2.05) is 0 Å². The molecule has 31 heavy (non-hydrogen) atoms. The maximum Gasteiger partial charge on any atom is 0.267 e. The quantitative estimate of drug-likeness (QED) is 0.266. The molecular formula is C22H10Cl4N2O2S. The summed E-state index contributed by atoms with van der Waals surface area (Å²) < 4.78 is 6.65. The van der Waals surface area contributed by atoms with Gasteiger partial charge in [-0.25, -0.2) is 4.98 Å². The van der Waals surface area contributed by atoms with Crippen LogP contribution in [0, 0.1) is 0 Å². The van der Waals surface area contributed by atoms with Crippen LogP contribution in [-0.2, 0) is 0 Å². The number of anilines is 1. The standard InChI is InChI=1S/C22H10Cl4N2O2S/c23-10-1-4-13(15(25)7-10)22-28-16-9-12(3-6-17(16)30-22)27-21(29)20-19(26)14-5-2-11(24)8-18(14)31-20/h1-9H,(H,27,29). The van der Waals surface area contributed by atoms with Gasteiger partial charge in [-0.15, -0.1) is 11.3 Å². The molecule has 0 saturated heterocycles. The summed E-state index contributed by atoms with van der Waals surface area (Å²) in [5.74, 6) is 0.0516. The number of nitrogens with one attached hydrogen (secondary N) is 1. The molecule has 0 saturated carbocycles. The van der Waals surface area contributed by atoms with Crippen molar-refractivity contribution in [2.24, 2.45) is 0 Å². The molecule has 0 aliphatic rings. The third kappa shape index (κ3) is 3.88. The Morgan fingerprint density at radius 3 is 2.52 bits per heavy atom. The van der Waals surface area contributed by atoms with Crippen molar-refractivity contribution in [2.75, 3.05) is 5.32 Å². The highest BCUT2D eigenvalue weighted by Gasteiger charge is 2.18. The monoisotopic (exact) mass is 506 g/mol. The molecule has 0 atom stereocenters. The van der Waals surface area contributed by atoms with Crippen LogP contribution in [0.25, 0.3) is 32.6 Å². The van der Waals surface area contributed by atoms with E-state index in [9.17, 15) is 4.79 Å². The zero-order chi connectivity index (χ0) is 21.7. The Hall–Kier alpha value is -2.28. The first-order chi connectivity index (χ1) is 14.9. The molecule has 0 bridgehead atoms. The SMILES string of the molecule is O=C(Nc1ccc2oc(-c3ccc(Cl)cc3Cl)nc2c1)c1sc2cc(Cl)ccc2c1Cl. The molecule has 2 aromatic heterocycles. The van der Waals surface area contributed by atoms with E-state index in [2.05, 4.69) is 10.3 Å². The van der Waals surface area contributed by atoms with Gasteiger partial charge in [-0.3, -0.25) is 4.79 Å². The van der Waals surface area contributed by atoms with E-state index in [0.717, 1.165) is 10.1 Å². The van der Waals surface area contributed by atoms with Crippen LogP contribution >= 0.6 is 57.7 Å². The summed E-state index contributed by atoms with van der Waals surface area (Å²) in [5.41, 5.74) is 2.33. The normalized spacial score (nSPS) is 11.4. The van der Waals surface area contributed by atoms with Crippen LogP contribution < -0.4 is 5.32 Å². The van der Waals surface area contributed by atoms with Crippen molar-refractivity contribution < 1.29 is 9.21 Å². The van der Waals surface area contributed by atoms with Crippen molar-refractivity contribution in [3.8, 4) is 11.5 Å². The lowest BCUT2D eigenvalue weighted by Gasteiger charge is -2.03. The second kappa shape index (κ2) is 8.01. The van der Waals surface area contributed by atoms with Crippen LogP contribution in [0.2, 0.25) is 20.1 Å². The number of thiophene rings is 1. The Bertz CT molecular complexity index is 1490. The smallest absolute Gasteiger partial charge is 0.267 e. The van der Waals surface area contributed by atoms with E-state index >= 15 is 0 Å². The van der Waals surface area contributed by atoms with Crippen molar-refractivity contribution in [2.45, 2.75) is 0 Å². The van der Waals surface area contributed by atoms with Crippen molar-refractivity contribution in [1.29, 1.82) is 0 Å². The molecule has 9 heteroatoms. The average Bonchev–Trinajstić information content (AvgIpc) is 3.28. The summed E-state index contributed by atoms with van der Waals surface area (Å²) in [6.07, 6.45) is 0. The van der Waals surface area contributed by atoms with E-state index < -0.39 is 0 Å². The number of hydrogen-bond donors (Lipinski definition) is 1. The minimum atomic E-state index is -0.314. The van der Waals surface area contributed by atoms with Crippen LogP contribution in [0.15, 0.2) is 59.0 Å². The Morgan fingerprint density at radius 1 is 0.935 bits per heavy atom. The van der Waals surface area contributed by atoms with Crippen molar-refractivity contribution in [1.82, 2.24) is 4.98 Å². The molecule has 4 nitrogen and oxygen atoms in total. The van der Waals surface area contributed by atoms with E-state index in [-0.39, 0.29) is 5.91 Å². The number of oxazole rings is 1. The zero-order valence-electron chi connectivity index (χ0n) is 15.4. The lowest BCUT2D eigenvalue weighted by Crippen LogP contribution is -2.10. The van der Waals surface area contributed by atoms with E-state index in [0.29, 0.717) is 53.2 Å². The summed E-state index contributed by atoms with van der Waals surface area (Å²) in [6.45, 7) is 0. The molecule has 1 N–H and O–H groups in total. The molecule has 5 aromatic rings. The average molecular weight is 508 g/mol. The summed E-state index contributed by atoms with van der Waals surface area (Å²) in [6, 6.07) is 15.6. The van der Waals surface area contributed by atoms with E-state index in [1.54, 1.807) is 54.6 Å². The number of amides is 1. The highest BCUT2D eigenvalue weighted by molar-refractivity contribution is 7.21. The first-order valence-corrected chi connectivity index (χ1v) is 11.3. The maximum absolute atomic E-state index is 12.8. The number of carbonyl (C=O) groups excluding carboxylic acids is 1. The molecule has 0 fully saturated rings. The largest absolute Gasteiger partial charge is 0.436 e. The van der Waals surface area contributed by atoms with Crippen molar-refractivity contribution >= 4 is 90.5 Å². The molecule has 1 amide bonds. The van der Waals surface area contributed by atoms with Crippen molar-refractivity contribution in [3.05, 3.63) is 79.6 Å². The number of aromatic nitrogens is 1. The predicted molar refractivity (Wildman–Crippen MR) is 129 cm³/mol. The molecule has 3 aromatic carbocycles. The molecule has 154 valence electrons. The molecule has 0 aliphatic heterocycles. The third-order valence-corrected chi connectivity index (χ3v) is 7.04. The van der Waals surface area contributed by atoms with Gasteiger partial charge in [0.25, 0.3) is 5.91 Å². The molecular weight excluding hydrogens is 498 g/mol. The van der Waals surface area contributed by atoms with Gasteiger partial charge < -0.3 is 9.73 Å². The van der Waals surface area contributed by atoms with Gasteiger partial charge in [0.2, 0.25) is 5.89 Å². The first kappa shape index (κ1) is 20.6. The minimum absolute atomic E-state index is 0.314. The summed E-state index contributed by atoms with van der Waals surface area (Å²) in [5, 5.41) is 5.60. The Labute approximate surface area is 200 Å². The topological polar surface area (TPSA) is 55.1 Å². The summed E-state index contributed by atoms with van der Waals surface area (Å²) in [4.78, 5) is 17.7. The van der Waals surface area contributed by atoms with Crippen LogP contribution in [0.1, 0.15) is 9.67 Å². The number of halogens is 4. The number of rotatable bonds is 3. The van der Waals surface area contributed by atoms with Crippen LogP contribution in [0.4, 0.5) is 5.69 Å². The molecule has 5 rings (SSSR count). The molecule has 0 aliphatic carbocycles. The van der Waals surface area contributed by atoms with Gasteiger partial charge in [0.15, 0.2) is 5.58 Å². The second-order valence-corrected chi connectivity index (χ2v) is 9.38. The maximum atomic E-state index is 12.8. The van der Waals surface area contributed by atoms with Gasteiger partial charge in [-0.05, 0) is 48.5 Å². The summed E-state index contributed by atoms with van der Waals surface area (Å²) in [7, 11) is 0. The van der Waals surface area contributed by atoms with Gasteiger partial charge in [0.1, 0.15) is 10.4 Å². The molecule has 2 heterocycles. The van der Waals surface area contributed by atoms with Gasteiger partial charge >= 0.3 is 0 Å². The fourth-order valence-electron chi connectivity index (χ4n) is 3.16. The molecule has 0 spiro atoms. The van der Waals surface area contributed by atoms with Crippen molar-refractivity contribution in [3.63, 3.8) is 0 Å². The zero-order valence-corrected chi connectivity index (χ0v) is 19.2. The van der Waals surface area contributed by atoms with Gasteiger partial charge in [0.05, 0.1) is 15.6 Å². The fraction of sp³-hybridized carbons (Fsp3) is 0. The van der Waals surface area contributed by atoms with Crippen LogP contribution in [0.3, 0.4) is 0 Å². The highest BCUT2D eigenvalue weighted by Crippen LogP contribution is 2.37. The third-order valence-electron chi connectivity index (χ3n) is 4.60. The van der Waals surface area contributed by atoms with Crippen LogP contribution in [0.5, 0.6) is 0 Å². The predicted octanol–water partition coefficient (Wildman–Crippen LogP) is 8.58.